The minimum atomic E-state index is -0.920. The first-order valence-corrected chi connectivity index (χ1v) is 4.20. The molecule has 0 aromatic rings. The molecule has 0 aromatic heterocycles. The smallest absolute Gasteiger partial charge is 0.307 e. The summed E-state index contributed by atoms with van der Waals surface area (Å²) in [5.74, 6) is -2.11. The number of hydrogen-bond donors (Lipinski definition) is 3. The van der Waals surface area contributed by atoms with Crippen molar-refractivity contribution in [3.05, 3.63) is 0 Å². The molecule has 0 bridgehead atoms. The predicted molar refractivity (Wildman–Crippen MR) is 43.9 cm³/mol. The fourth-order valence-corrected chi connectivity index (χ4v) is 1.15. The molecule has 2 unspecified atom stereocenters. The van der Waals surface area contributed by atoms with E-state index in [-0.39, 0.29) is 18.6 Å². The zero-order chi connectivity index (χ0) is 10.0. The van der Waals surface area contributed by atoms with Crippen LogP contribution in [0.15, 0.2) is 0 Å². The molecule has 1 rings (SSSR count). The first kappa shape index (κ1) is 9.98. The van der Waals surface area contributed by atoms with Gasteiger partial charge in [-0.25, -0.2) is 0 Å². The largest absolute Gasteiger partial charge is 0.481 e. The van der Waals surface area contributed by atoms with Crippen LogP contribution in [-0.2, 0) is 9.59 Å². The molecule has 13 heavy (non-hydrogen) atoms. The normalized spacial score (nSPS) is 27.8. The van der Waals surface area contributed by atoms with Gasteiger partial charge in [0, 0.05) is 6.04 Å². The molecule has 1 saturated carbocycles. The summed E-state index contributed by atoms with van der Waals surface area (Å²) >= 11 is 0. The van der Waals surface area contributed by atoms with E-state index < -0.39 is 17.8 Å². The SMILES string of the molecule is C[C@@H](CO)NC(=O)C1CC1C(=O)O. The summed E-state index contributed by atoms with van der Waals surface area (Å²) in [6.07, 6.45) is 0.416. The molecule has 0 heterocycles. The maximum Gasteiger partial charge on any atom is 0.307 e. The van der Waals surface area contributed by atoms with Gasteiger partial charge in [-0.1, -0.05) is 0 Å². The first-order valence-electron chi connectivity index (χ1n) is 4.20. The Morgan fingerprint density at radius 2 is 2.15 bits per heavy atom. The molecule has 1 amide bonds. The van der Waals surface area contributed by atoms with Gasteiger partial charge in [0.2, 0.25) is 5.91 Å². The van der Waals surface area contributed by atoms with Crippen LogP contribution in [0.5, 0.6) is 0 Å². The van der Waals surface area contributed by atoms with Gasteiger partial charge < -0.3 is 15.5 Å². The van der Waals surface area contributed by atoms with Gasteiger partial charge in [-0.3, -0.25) is 9.59 Å². The number of carbonyl (C=O) groups excluding carboxylic acids is 1. The molecule has 0 aliphatic heterocycles. The lowest BCUT2D eigenvalue weighted by molar-refractivity contribution is -0.140. The van der Waals surface area contributed by atoms with Crippen molar-refractivity contribution in [1.82, 2.24) is 5.32 Å². The summed E-state index contributed by atoms with van der Waals surface area (Å²) in [4.78, 5) is 21.6. The lowest BCUT2D eigenvalue weighted by Crippen LogP contribution is -2.36. The highest BCUT2D eigenvalue weighted by molar-refractivity contribution is 5.89. The summed E-state index contributed by atoms with van der Waals surface area (Å²) in [7, 11) is 0. The molecular formula is C8H13NO4. The number of aliphatic carboxylic acids is 1. The van der Waals surface area contributed by atoms with Crippen molar-refractivity contribution in [3.8, 4) is 0 Å². The zero-order valence-corrected chi connectivity index (χ0v) is 7.36. The van der Waals surface area contributed by atoms with E-state index in [4.69, 9.17) is 10.2 Å². The molecule has 3 N–H and O–H groups in total. The van der Waals surface area contributed by atoms with Gasteiger partial charge in [-0.05, 0) is 13.3 Å². The van der Waals surface area contributed by atoms with E-state index in [2.05, 4.69) is 5.32 Å². The molecule has 5 heteroatoms. The third kappa shape index (κ3) is 2.42. The number of aliphatic hydroxyl groups is 1. The molecule has 1 aliphatic rings. The summed E-state index contributed by atoms with van der Waals surface area (Å²) in [6, 6.07) is -0.303. The Morgan fingerprint density at radius 3 is 2.54 bits per heavy atom. The van der Waals surface area contributed by atoms with Crippen molar-refractivity contribution in [3.63, 3.8) is 0 Å². The Kier molecular flexibility index (Phi) is 2.87. The molecule has 0 spiro atoms. The number of carbonyl (C=O) groups is 2. The van der Waals surface area contributed by atoms with E-state index in [0.717, 1.165) is 0 Å². The van der Waals surface area contributed by atoms with Crippen molar-refractivity contribution in [2.45, 2.75) is 19.4 Å². The van der Waals surface area contributed by atoms with Gasteiger partial charge in [-0.15, -0.1) is 0 Å². The lowest BCUT2D eigenvalue weighted by Gasteiger charge is -2.09. The number of rotatable bonds is 4. The van der Waals surface area contributed by atoms with Crippen molar-refractivity contribution in [2.75, 3.05) is 6.61 Å². The zero-order valence-electron chi connectivity index (χ0n) is 7.36. The molecular weight excluding hydrogens is 174 g/mol. The summed E-state index contributed by atoms with van der Waals surface area (Å²) in [5.41, 5.74) is 0. The molecule has 0 saturated heterocycles. The number of hydrogen-bond acceptors (Lipinski definition) is 3. The Labute approximate surface area is 75.7 Å². The van der Waals surface area contributed by atoms with Crippen LogP contribution < -0.4 is 5.32 Å². The first-order chi connectivity index (χ1) is 6.06. The van der Waals surface area contributed by atoms with Gasteiger partial charge in [0.05, 0.1) is 18.4 Å². The molecule has 3 atom stereocenters. The summed E-state index contributed by atoms with van der Waals surface area (Å²) in [5, 5.41) is 19.7. The van der Waals surface area contributed by atoms with Crippen LogP contribution in [0.3, 0.4) is 0 Å². The van der Waals surface area contributed by atoms with Crippen LogP contribution >= 0.6 is 0 Å². The van der Waals surface area contributed by atoms with E-state index in [0.29, 0.717) is 6.42 Å². The topological polar surface area (TPSA) is 86.6 Å². The molecule has 74 valence electrons. The summed E-state index contributed by atoms with van der Waals surface area (Å²) in [6.45, 7) is 1.53. The second-order valence-electron chi connectivity index (χ2n) is 3.38. The highest BCUT2D eigenvalue weighted by Gasteiger charge is 2.48. The number of carboxylic acids is 1. The van der Waals surface area contributed by atoms with Crippen LogP contribution in [-0.4, -0.2) is 34.7 Å². The molecule has 0 radical (unpaired) electrons. The van der Waals surface area contributed by atoms with Crippen LogP contribution in [0.25, 0.3) is 0 Å². The van der Waals surface area contributed by atoms with Gasteiger partial charge >= 0.3 is 5.97 Å². The fraction of sp³-hybridized carbons (Fsp3) is 0.750. The van der Waals surface area contributed by atoms with E-state index in [9.17, 15) is 9.59 Å². The molecule has 1 aliphatic carbocycles. The monoisotopic (exact) mass is 187 g/mol. The van der Waals surface area contributed by atoms with E-state index in [1.54, 1.807) is 6.92 Å². The summed E-state index contributed by atoms with van der Waals surface area (Å²) < 4.78 is 0. The maximum absolute atomic E-state index is 11.2. The standard InChI is InChI=1S/C8H13NO4/c1-4(3-10)9-7(11)5-2-6(5)8(12)13/h4-6,10H,2-3H2,1H3,(H,9,11)(H,12,13)/t4-,5?,6?/m0/s1. The van der Waals surface area contributed by atoms with Crippen molar-refractivity contribution < 1.29 is 19.8 Å². The average molecular weight is 187 g/mol. The maximum atomic E-state index is 11.2. The van der Waals surface area contributed by atoms with Gasteiger partial charge in [0.1, 0.15) is 0 Å². The molecule has 0 aromatic carbocycles. The molecule has 1 fully saturated rings. The number of nitrogens with one attached hydrogen (secondary N) is 1. The highest BCUT2D eigenvalue weighted by Crippen LogP contribution is 2.38. The van der Waals surface area contributed by atoms with Crippen LogP contribution in [0.1, 0.15) is 13.3 Å². The fourth-order valence-electron chi connectivity index (χ4n) is 1.15. The van der Waals surface area contributed by atoms with E-state index in [1.807, 2.05) is 0 Å². The minimum Gasteiger partial charge on any atom is -0.481 e. The second-order valence-corrected chi connectivity index (χ2v) is 3.38. The Balaban J connectivity index is 2.31. The van der Waals surface area contributed by atoms with Gasteiger partial charge in [0.15, 0.2) is 0 Å². The van der Waals surface area contributed by atoms with Crippen molar-refractivity contribution in [1.29, 1.82) is 0 Å². The third-order valence-electron chi connectivity index (χ3n) is 2.11. The minimum absolute atomic E-state index is 0.129. The average Bonchev–Trinajstić information content (AvgIpc) is 2.82. The third-order valence-corrected chi connectivity index (χ3v) is 2.11. The van der Waals surface area contributed by atoms with Gasteiger partial charge in [0.25, 0.3) is 0 Å². The van der Waals surface area contributed by atoms with Crippen molar-refractivity contribution in [2.24, 2.45) is 11.8 Å². The Morgan fingerprint density at radius 1 is 1.54 bits per heavy atom. The second kappa shape index (κ2) is 3.74. The lowest BCUT2D eigenvalue weighted by atomic mass is 10.2. The number of carboxylic acid groups (broad SMARTS) is 1. The number of aliphatic hydroxyl groups excluding tert-OH is 1. The van der Waals surface area contributed by atoms with E-state index in [1.165, 1.54) is 0 Å². The van der Waals surface area contributed by atoms with Crippen LogP contribution in [0.4, 0.5) is 0 Å². The van der Waals surface area contributed by atoms with Crippen LogP contribution in [0.2, 0.25) is 0 Å². The highest BCUT2D eigenvalue weighted by atomic mass is 16.4. The Bertz CT molecular complexity index is 228. The van der Waals surface area contributed by atoms with Gasteiger partial charge in [-0.2, -0.15) is 0 Å². The molecule has 5 nitrogen and oxygen atoms in total. The number of amides is 1. The predicted octanol–water partition coefficient (Wildman–Crippen LogP) is -0.796. The van der Waals surface area contributed by atoms with Crippen LogP contribution in [0, 0.1) is 11.8 Å². The quantitative estimate of drug-likeness (QED) is 0.538. The van der Waals surface area contributed by atoms with Crippen molar-refractivity contribution >= 4 is 11.9 Å². The van der Waals surface area contributed by atoms with E-state index >= 15 is 0 Å². The Hall–Kier alpha value is -1.10.